The summed E-state index contributed by atoms with van der Waals surface area (Å²) in [6.45, 7) is 3.41. The highest BCUT2D eigenvalue weighted by atomic mass is 16.5. The third kappa shape index (κ3) is 3.25. The number of amides is 1. The number of ether oxygens (including phenoxy) is 1. The predicted octanol–water partition coefficient (Wildman–Crippen LogP) is 2.24. The van der Waals surface area contributed by atoms with Crippen LogP contribution in [0.5, 0.6) is 0 Å². The van der Waals surface area contributed by atoms with Gasteiger partial charge in [0.2, 0.25) is 5.91 Å². The van der Waals surface area contributed by atoms with E-state index in [-0.39, 0.29) is 11.4 Å². The lowest BCUT2D eigenvalue weighted by Gasteiger charge is -2.43. The normalized spacial score (nSPS) is 21.6. The molecule has 1 saturated carbocycles. The largest absolute Gasteiger partial charge is 0.397 e. The lowest BCUT2D eigenvalue weighted by atomic mass is 9.90. The van der Waals surface area contributed by atoms with Gasteiger partial charge >= 0.3 is 0 Å². The van der Waals surface area contributed by atoms with Gasteiger partial charge in [0, 0.05) is 25.0 Å². The van der Waals surface area contributed by atoms with Crippen molar-refractivity contribution in [2.45, 2.75) is 37.6 Å². The number of nitrogens with zero attached hydrogens (tertiary/aromatic N) is 1. The monoisotopic (exact) mass is 303 g/mol. The first-order valence-corrected chi connectivity index (χ1v) is 8.17. The molecule has 0 unspecified atom stereocenters. The maximum absolute atomic E-state index is 12.5. The minimum absolute atomic E-state index is 0.0113. The van der Waals surface area contributed by atoms with E-state index in [0.717, 1.165) is 39.1 Å². The van der Waals surface area contributed by atoms with Crippen molar-refractivity contribution < 1.29 is 9.53 Å². The van der Waals surface area contributed by atoms with Crippen molar-refractivity contribution in [3.05, 3.63) is 24.3 Å². The molecule has 5 heteroatoms. The molecule has 1 saturated heterocycles. The van der Waals surface area contributed by atoms with E-state index in [0.29, 0.717) is 17.8 Å². The number of nitrogens with two attached hydrogens (primary N) is 1. The topological polar surface area (TPSA) is 67.6 Å². The SMILES string of the molecule is Nc1ccccc1NC(=O)CC1(N2CCOCC2)CCCC1. The maximum atomic E-state index is 12.5. The van der Waals surface area contributed by atoms with Gasteiger partial charge < -0.3 is 15.8 Å². The maximum Gasteiger partial charge on any atom is 0.226 e. The molecule has 5 nitrogen and oxygen atoms in total. The van der Waals surface area contributed by atoms with Crippen LogP contribution < -0.4 is 11.1 Å². The van der Waals surface area contributed by atoms with E-state index in [1.807, 2.05) is 24.3 Å². The van der Waals surface area contributed by atoms with Crippen LogP contribution in [0.2, 0.25) is 0 Å². The molecule has 0 bridgehead atoms. The Balaban J connectivity index is 1.68. The quantitative estimate of drug-likeness (QED) is 0.837. The van der Waals surface area contributed by atoms with Crippen LogP contribution in [0.25, 0.3) is 0 Å². The van der Waals surface area contributed by atoms with Gasteiger partial charge in [-0.25, -0.2) is 0 Å². The second-order valence-electron chi connectivity index (χ2n) is 6.34. The van der Waals surface area contributed by atoms with E-state index < -0.39 is 0 Å². The van der Waals surface area contributed by atoms with Gasteiger partial charge in [-0.05, 0) is 25.0 Å². The van der Waals surface area contributed by atoms with Crippen molar-refractivity contribution in [1.29, 1.82) is 0 Å². The summed E-state index contributed by atoms with van der Waals surface area (Å²) in [5.41, 5.74) is 7.25. The zero-order valence-corrected chi connectivity index (χ0v) is 13.0. The minimum atomic E-state index is 0.0113. The Kier molecular flexibility index (Phi) is 4.64. The second-order valence-corrected chi connectivity index (χ2v) is 6.34. The molecule has 120 valence electrons. The van der Waals surface area contributed by atoms with Crippen molar-refractivity contribution in [2.24, 2.45) is 0 Å². The smallest absolute Gasteiger partial charge is 0.226 e. The number of para-hydroxylation sites is 2. The molecule has 22 heavy (non-hydrogen) atoms. The summed E-state index contributed by atoms with van der Waals surface area (Å²) in [6, 6.07) is 7.42. The van der Waals surface area contributed by atoms with E-state index in [1.165, 1.54) is 12.8 Å². The number of rotatable bonds is 4. The van der Waals surface area contributed by atoms with E-state index in [4.69, 9.17) is 10.5 Å². The number of nitrogens with one attached hydrogen (secondary N) is 1. The molecule has 0 aromatic heterocycles. The van der Waals surface area contributed by atoms with Crippen LogP contribution in [0.4, 0.5) is 11.4 Å². The molecule has 2 aliphatic rings. The van der Waals surface area contributed by atoms with Crippen LogP contribution in [-0.4, -0.2) is 42.6 Å². The molecule has 1 aromatic carbocycles. The van der Waals surface area contributed by atoms with Gasteiger partial charge in [0.1, 0.15) is 0 Å². The van der Waals surface area contributed by atoms with Crippen molar-refractivity contribution >= 4 is 17.3 Å². The van der Waals surface area contributed by atoms with Gasteiger partial charge in [-0.2, -0.15) is 0 Å². The van der Waals surface area contributed by atoms with Crippen LogP contribution in [0.15, 0.2) is 24.3 Å². The van der Waals surface area contributed by atoms with Gasteiger partial charge in [0.15, 0.2) is 0 Å². The molecule has 0 spiro atoms. The highest BCUT2D eigenvalue weighted by Crippen LogP contribution is 2.39. The number of hydrogen-bond donors (Lipinski definition) is 2. The van der Waals surface area contributed by atoms with E-state index in [9.17, 15) is 4.79 Å². The Bertz CT molecular complexity index is 520. The van der Waals surface area contributed by atoms with Gasteiger partial charge in [-0.1, -0.05) is 25.0 Å². The number of morpholine rings is 1. The third-order valence-electron chi connectivity index (χ3n) is 4.94. The van der Waals surface area contributed by atoms with Gasteiger partial charge in [-0.15, -0.1) is 0 Å². The van der Waals surface area contributed by atoms with Crippen molar-refractivity contribution in [1.82, 2.24) is 4.90 Å². The molecular formula is C17H25N3O2. The minimum Gasteiger partial charge on any atom is -0.397 e. The second kappa shape index (κ2) is 6.67. The molecule has 1 aromatic rings. The van der Waals surface area contributed by atoms with Gasteiger partial charge in [-0.3, -0.25) is 9.69 Å². The third-order valence-corrected chi connectivity index (χ3v) is 4.94. The summed E-state index contributed by atoms with van der Waals surface area (Å²) in [6.07, 6.45) is 5.16. The van der Waals surface area contributed by atoms with Crippen molar-refractivity contribution in [3.63, 3.8) is 0 Å². The standard InChI is InChI=1S/C17H25N3O2/c18-14-5-1-2-6-15(14)19-16(21)13-17(7-3-4-8-17)20-9-11-22-12-10-20/h1-2,5-6H,3-4,7-13,18H2,(H,19,21). The lowest BCUT2D eigenvalue weighted by molar-refractivity contribution is -0.120. The fraction of sp³-hybridized carbons (Fsp3) is 0.588. The number of carbonyl (C=O) groups is 1. The van der Waals surface area contributed by atoms with Crippen LogP contribution in [-0.2, 0) is 9.53 Å². The highest BCUT2D eigenvalue weighted by Gasteiger charge is 2.41. The van der Waals surface area contributed by atoms with Crippen LogP contribution >= 0.6 is 0 Å². The number of benzene rings is 1. The molecule has 3 rings (SSSR count). The number of anilines is 2. The van der Waals surface area contributed by atoms with Crippen molar-refractivity contribution in [2.75, 3.05) is 37.4 Å². The first-order valence-electron chi connectivity index (χ1n) is 8.17. The first kappa shape index (κ1) is 15.3. The summed E-state index contributed by atoms with van der Waals surface area (Å²) in [5.74, 6) is 0.0614. The molecule has 3 N–H and O–H groups in total. The number of hydrogen-bond acceptors (Lipinski definition) is 4. The molecule has 1 heterocycles. The zero-order chi connectivity index (χ0) is 15.4. The van der Waals surface area contributed by atoms with Crippen LogP contribution in [0.1, 0.15) is 32.1 Å². The molecule has 1 aliphatic carbocycles. The Labute approximate surface area is 131 Å². The average Bonchev–Trinajstić information content (AvgIpc) is 3.00. The summed E-state index contributed by atoms with van der Waals surface area (Å²) in [7, 11) is 0. The van der Waals surface area contributed by atoms with Crippen molar-refractivity contribution in [3.8, 4) is 0 Å². The van der Waals surface area contributed by atoms with Gasteiger partial charge in [0.05, 0.1) is 24.6 Å². The fourth-order valence-electron chi connectivity index (χ4n) is 3.78. The summed E-state index contributed by atoms with van der Waals surface area (Å²) in [5, 5.41) is 2.98. The Morgan fingerprint density at radius 3 is 2.59 bits per heavy atom. The zero-order valence-electron chi connectivity index (χ0n) is 13.0. The molecule has 0 radical (unpaired) electrons. The van der Waals surface area contributed by atoms with E-state index in [2.05, 4.69) is 10.2 Å². The van der Waals surface area contributed by atoms with Crippen LogP contribution in [0.3, 0.4) is 0 Å². The summed E-state index contributed by atoms with van der Waals surface area (Å²) < 4.78 is 5.46. The first-order chi connectivity index (χ1) is 10.7. The van der Waals surface area contributed by atoms with Crippen LogP contribution in [0, 0.1) is 0 Å². The molecule has 1 amide bonds. The number of nitrogen functional groups attached to an aromatic ring is 1. The average molecular weight is 303 g/mol. The Morgan fingerprint density at radius 2 is 1.91 bits per heavy atom. The molecule has 1 aliphatic heterocycles. The van der Waals surface area contributed by atoms with Gasteiger partial charge in [0.25, 0.3) is 0 Å². The Hall–Kier alpha value is -1.59. The van der Waals surface area contributed by atoms with E-state index >= 15 is 0 Å². The molecular weight excluding hydrogens is 278 g/mol. The summed E-state index contributed by atoms with van der Waals surface area (Å²) in [4.78, 5) is 15.0. The molecule has 2 fully saturated rings. The lowest BCUT2D eigenvalue weighted by Crippen LogP contribution is -2.53. The number of carbonyl (C=O) groups excluding carboxylic acids is 1. The Morgan fingerprint density at radius 1 is 1.23 bits per heavy atom. The predicted molar refractivity (Wildman–Crippen MR) is 87.7 cm³/mol. The fourth-order valence-corrected chi connectivity index (χ4v) is 3.78. The highest BCUT2D eigenvalue weighted by molar-refractivity contribution is 5.94. The van der Waals surface area contributed by atoms with E-state index in [1.54, 1.807) is 0 Å². The molecule has 0 atom stereocenters. The summed E-state index contributed by atoms with van der Waals surface area (Å²) >= 11 is 0.